The highest BCUT2D eigenvalue weighted by molar-refractivity contribution is 7.93. The maximum Gasteiger partial charge on any atom is 0.319 e. The number of hydroxylamine groups is 1. The maximum absolute atomic E-state index is 9.76. The number of carbonyl (C=O) groups is 1. The average Bonchev–Trinajstić information content (AvgIpc) is 1.80. The molecule has 0 radical (unpaired) electrons. The highest BCUT2D eigenvalue weighted by Gasteiger charge is 1.93. The van der Waals surface area contributed by atoms with E-state index in [1.54, 1.807) is 6.26 Å². The molecule has 0 saturated heterocycles. The van der Waals surface area contributed by atoms with Gasteiger partial charge in [0.2, 0.25) is 0 Å². The molecule has 0 aliphatic carbocycles. The third kappa shape index (κ3) is 7.70. The van der Waals surface area contributed by atoms with Crippen molar-refractivity contribution in [1.82, 2.24) is 5.48 Å². The van der Waals surface area contributed by atoms with Crippen LogP contribution in [-0.2, 0) is 14.1 Å². The first kappa shape index (κ1) is 8.70. The highest BCUT2D eigenvalue weighted by atomic mass is 32.2. The second-order valence-corrected chi connectivity index (χ2v) is 1.50. The Morgan fingerprint density at radius 3 is 3.00 bits per heavy atom. The minimum absolute atomic E-state index is 0.277. The van der Waals surface area contributed by atoms with Gasteiger partial charge in [0.05, 0.1) is 0 Å². The number of aliphatic carboxylic acids is 1. The van der Waals surface area contributed by atoms with E-state index in [1.165, 1.54) is 0 Å². The summed E-state index contributed by atoms with van der Waals surface area (Å²) in [4.78, 5) is 13.9. The summed E-state index contributed by atoms with van der Waals surface area (Å²) in [5, 5.41) is 8.01. The van der Waals surface area contributed by atoms with Crippen LogP contribution in [-0.4, -0.2) is 23.9 Å². The number of hydrogen-bond acceptors (Lipinski definition) is 5. The van der Waals surface area contributed by atoms with Crippen molar-refractivity contribution in [3.63, 3.8) is 0 Å². The molecule has 5 nitrogen and oxygen atoms in total. The Kier molecular flexibility index (Phi) is 5.64. The molecule has 0 aromatic rings. The van der Waals surface area contributed by atoms with Gasteiger partial charge < -0.3 is 5.11 Å². The minimum Gasteiger partial charge on any atom is -0.480 e. The maximum atomic E-state index is 9.76. The standard InChI is InChI=1S/C3H7NO4S/c1-9-8-7-4-2-3(5)6/h4H,2H2,1H3,(H,5,6). The third-order valence-corrected chi connectivity index (χ3v) is 0.589. The van der Waals surface area contributed by atoms with Crippen LogP contribution in [0.4, 0.5) is 0 Å². The first-order valence-electron chi connectivity index (χ1n) is 2.08. The van der Waals surface area contributed by atoms with E-state index in [1.807, 2.05) is 5.48 Å². The van der Waals surface area contributed by atoms with Gasteiger partial charge in [-0.05, 0) is 0 Å². The molecule has 0 aromatic carbocycles. The lowest BCUT2D eigenvalue weighted by molar-refractivity contribution is -0.244. The van der Waals surface area contributed by atoms with Gasteiger partial charge in [0.15, 0.2) is 0 Å². The topological polar surface area (TPSA) is 67.8 Å². The van der Waals surface area contributed by atoms with Crippen molar-refractivity contribution in [3.8, 4) is 0 Å². The van der Waals surface area contributed by atoms with Crippen molar-refractivity contribution in [2.45, 2.75) is 0 Å². The largest absolute Gasteiger partial charge is 0.480 e. The molecule has 0 rings (SSSR count). The third-order valence-electron chi connectivity index (χ3n) is 0.384. The summed E-state index contributed by atoms with van der Waals surface area (Å²) in [7, 11) is 0. The van der Waals surface area contributed by atoms with E-state index in [9.17, 15) is 4.79 Å². The average molecular weight is 153 g/mol. The van der Waals surface area contributed by atoms with Gasteiger partial charge in [0.25, 0.3) is 0 Å². The van der Waals surface area contributed by atoms with Crippen molar-refractivity contribution in [2.24, 2.45) is 0 Å². The summed E-state index contributed by atoms with van der Waals surface area (Å²) >= 11 is 0.976. The van der Waals surface area contributed by atoms with E-state index in [-0.39, 0.29) is 6.54 Å². The van der Waals surface area contributed by atoms with Gasteiger partial charge in [-0.25, -0.2) is 0 Å². The Bertz CT molecular complexity index is 87.9. The van der Waals surface area contributed by atoms with Crippen molar-refractivity contribution >= 4 is 18.0 Å². The van der Waals surface area contributed by atoms with Crippen molar-refractivity contribution in [2.75, 3.05) is 12.8 Å². The van der Waals surface area contributed by atoms with Crippen LogP contribution < -0.4 is 5.48 Å². The van der Waals surface area contributed by atoms with Crippen LogP contribution in [0.5, 0.6) is 0 Å². The number of nitrogens with one attached hydrogen (secondary N) is 1. The second kappa shape index (κ2) is 5.83. The number of carboxylic acids is 1. The molecule has 2 N–H and O–H groups in total. The van der Waals surface area contributed by atoms with Crippen molar-refractivity contribution in [3.05, 3.63) is 0 Å². The van der Waals surface area contributed by atoms with Crippen molar-refractivity contribution < 1.29 is 19.2 Å². The lowest BCUT2D eigenvalue weighted by atomic mass is 10.7. The monoisotopic (exact) mass is 153 g/mol. The summed E-state index contributed by atoms with van der Waals surface area (Å²) < 4.78 is 4.23. The minimum atomic E-state index is -1.00. The molecule has 0 heterocycles. The van der Waals surface area contributed by atoms with Crippen LogP contribution >= 0.6 is 12.0 Å². The first-order valence-corrected chi connectivity index (χ1v) is 3.23. The zero-order chi connectivity index (χ0) is 7.11. The fourth-order valence-corrected chi connectivity index (χ4v) is 0.265. The van der Waals surface area contributed by atoms with E-state index in [0.29, 0.717) is 0 Å². The SMILES string of the molecule is CSOONCC(=O)O. The smallest absolute Gasteiger partial charge is 0.319 e. The van der Waals surface area contributed by atoms with Gasteiger partial charge in [-0.3, -0.25) is 4.79 Å². The van der Waals surface area contributed by atoms with Crippen LogP contribution in [0, 0.1) is 0 Å². The van der Waals surface area contributed by atoms with E-state index < -0.39 is 5.97 Å². The number of rotatable bonds is 5. The normalized spacial score (nSPS) is 9.44. The molecule has 54 valence electrons. The van der Waals surface area contributed by atoms with Crippen molar-refractivity contribution in [1.29, 1.82) is 0 Å². The number of hydrogen-bond donors (Lipinski definition) is 2. The molecule has 0 amide bonds. The van der Waals surface area contributed by atoms with Gasteiger partial charge in [-0.15, -0.1) is 9.32 Å². The highest BCUT2D eigenvalue weighted by Crippen LogP contribution is 1.91. The molecule has 0 aliphatic rings. The summed E-state index contributed by atoms with van der Waals surface area (Å²) in [5.41, 5.74) is 2.04. The fourth-order valence-electron chi connectivity index (χ4n) is 0.149. The summed E-state index contributed by atoms with van der Waals surface area (Å²) in [6, 6.07) is 0. The quantitative estimate of drug-likeness (QED) is 0.247. The lowest BCUT2D eigenvalue weighted by Crippen LogP contribution is -2.21. The predicted octanol–water partition coefficient (Wildman–Crippen LogP) is -0.198. The molecular weight excluding hydrogens is 146 g/mol. The van der Waals surface area contributed by atoms with Crippen LogP contribution in [0.25, 0.3) is 0 Å². The predicted molar refractivity (Wildman–Crippen MR) is 31.3 cm³/mol. The lowest BCUT2D eigenvalue weighted by Gasteiger charge is -1.96. The fraction of sp³-hybridized carbons (Fsp3) is 0.667. The molecule has 0 fully saturated rings. The zero-order valence-corrected chi connectivity index (χ0v) is 5.60. The molecular formula is C3H7NO4S. The molecule has 0 saturated carbocycles. The van der Waals surface area contributed by atoms with Crippen LogP contribution in [0.2, 0.25) is 0 Å². The summed E-state index contributed by atoms with van der Waals surface area (Å²) in [5.74, 6) is -1.00. The molecule has 6 heteroatoms. The van der Waals surface area contributed by atoms with E-state index in [4.69, 9.17) is 5.11 Å². The van der Waals surface area contributed by atoms with E-state index in [0.717, 1.165) is 12.0 Å². The van der Waals surface area contributed by atoms with Crippen LogP contribution in [0.3, 0.4) is 0 Å². The first-order chi connectivity index (χ1) is 4.27. The van der Waals surface area contributed by atoms with Gasteiger partial charge in [-0.1, -0.05) is 0 Å². The van der Waals surface area contributed by atoms with E-state index >= 15 is 0 Å². The Morgan fingerprint density at radius 2 is 2.56 bits per heavy atom. The molecule has 0 bridgehead atoms. The molecule has 0 atom stereocenters. The van der Waals surface area contributed by atoms with Gasteiger partial charge in [0, 0.05) is 18.3 Å². The Balaban J connectivity index is 2.83. The Morgan fingerprint density at radius 1 is 1.89 bits per heavy atom. The molecule has 9 heavy (non-hydrogen) atoms. The number of carboxylic acid groups (broad SMARTS) is 1. The van der Waals surface area contributed by atoms with Crippen LogP contribution in [0.15, 0.2) is 0 Å². The summed E-state index contributed by atoms with van der Waals surface area (Å²) in [6.07, 6.45) is 1.64. The molecule has 0 aromatic heterocycles. The second-order valence-electron chi connectivity index (χ2n) is 1.03. The Hall–Kier alpha value is -0.300. The Labute approximate surface area is 56.4 Å². The van der Waals surface area contributed by atoms with Gasteiger partial charge in [0.1, 0.15) is 6.54 Å². The molecule has 0 spiro atoms. The molecule has 0 aliphatic heterocycles. The van der Waals surface area contributed by atoms with E-state index in [2.05, 4.69) is 9.32 Å². The molecule has 0 unspecified atom stereocenters. The zero-order valence-electron chi connectivity index (χ0n) is 4.79. The van der Waals surface area contributed by atoms with Gasteiger partial charge >= 0.3 is 5.97 Å². The van der Waals surface area contributed by atoms with Gasteiger partial charge in [-0.2, -0.15) is 5.48 Å². The summed E-state index contributed by atoms with van der Waals surface area (Å²) in [6.45, 7) is -0.277. The van der Waals surface area contributed by atoms with Crippen LogP contribution in [0.1, 0.15) is 0 Å².